The first kappa shape index (κ1) is 42.3. The SMILES string of the molecule is CC(C)[C@H]1CCN(C(=O)C(NC(O)NC(C)(C)C)C(C)(C)C)C1C(=O)NC(CC1C=C1)C(=O)C(=O)NCC(=O)N[C@H](C(=O)N(C)C)c1ccccc1. The van der Waals surface area contributed by atoms with E-state index < -0.39 is 71.5 Å². The summed E-state index contributed by atoms with van der Waals surface area (Å²) in [6.07, 6.45) is 3.20. The molecule has 5 amide bonds. The minimum absolute atomic E-state index is 0.0166. The smallest absolute Gasteiger partial charge is 0.290 e. The summed E-state index contributed by atoms with van der Waals surface area (Å²) in [5.41, 5.74) is -0.533. The number of hydrogen-bond acceptors (Lipinski definition) is 9. The Labute approximate surface area is 307 Å². The van der Waals surface area contributed by atoms with Crippen molar-refractivity contribution in [3.8, 4) is 0 Å². The van der Waals surface area contributed by atoms with Crippen LogP contribution in [-0.2, 0) is 28.8 Å². The lowest BCUT2D eigenvalue weighted by Gasteiger charge is -2.39. The van der Waals surface area contributed by atoms with Crippen LogP contribution in [0.5, 0.6) is 0 Å². The quantitative estimate of drug-likeness (QED) is 0.0828. The predicted octanol–water partition coefficient (Wildman–Crippen LogP) is 1.22. The zero-order chi connectivity index (χ0) is 39.1. The molecule has 4 unspecified atom stereocenters. The number of nitrogens with zero attached hydrogens (tertiary/aromatic N) is 2. The molecule has 288 valence electrons. The lowest BCUT2D eigenvalue weighted by Crippen LogP contribution is -2.63. The molecule has 6 N–H and O–H groups in total. The Morgan fingerprint density at radius 1 is 0.942 bits per heavy atom. The second kappa shape index (κ2) is 17.6. The van der Waals surface area contributed by atoms with Crippen molar-refractivity contribution in [3.05, 3.63) is 48.0 Å². The van der Waals surface area contributed by atoms with Crippen molar-refractivity contribution in [2.24, 2.45) is 23.2 Å². The van der Waals surface area contributed by atoms with Crippen LogP contribution >= 0.6 is 0 Å². The summed E-state index contributed by atoms with van der Waals surface area (Å²) >= 11 is 0. The second-order valence-electron chi connectivity index (χ2n) is 16.5. The number of Topliss-reactive ketones (excluding diaryl/α,β-unsaturated/α-hetero) is 1. The molecule has 1 aliphatic heterocycles. The van der Waals surface area contributed by atoms with E-state index in [1.54, 1.807) is 44.4 Å². The van der Waals surface area contributed by atoms with Crippen molar-refractivity contribution in [3.63, 3.8) is 0 Å². The monoisotopic (exact) mass is 725 g/mol. The molecule has 0 bridgehead atoms. The van der Waals surface area contributed by atoms with Crippen molar-refractivity contribution >= 4 is 35.3 Å². The van der Waals surface area contributed by atoms with Crippen LogP contribution in [0.1, 0.15) is 79.8 Å². The van der Waals surface area contributed by atoms with Gasteiger partial charge in [0.05, 0.1) is 18.6 Å². The van der Waals surface area contributed by atoms with Crippen molar-refractivity contribution in [1.82, 2.24) is 36.4 Å². The number of amides is 5. The van der Waals surface area contributed by atoms with Gasteiger partial charge in [0, 0.05) is 26.2 Å². The Hall–Kier alpha value is -4.14. The lowest BCUT2D eigenvalue weighted by molar-refractivity contribution is -0.146. The van der Waals surface area contributed by atoms with Crippen LogP contribution in [0.4, 0.5) is 0 Å². The fourth-order valence-corrected chi connectivity index (χ4v) is 6.37. The third-order valence-electron chi connectivity index (χ3n) is 9.22. The lowest BCUT2D eigenvalue weighted by atomic mass is 9.84. The van der Waals surface area contributed by atoms with Gasteiger partial charge in [0.2, 0.25) is 29.4 Å². The molecule has 0 saturated carbocycles. The Morgan fingerprint density at radius 3 is 2.08 bits per heavy atom. The van der Waals surface area contributed by atoms with E-state index in [0.717, 1.165) is 0 Å². The average Bonchev–Trinajstić information content (AvgIpc) is 3.75. The second-order valence-corrected chi connectivity index (χ2v) is 16.5. The van der Waals surface area contributed by atoms with Crippen molar-refractivity contribution in [2.75, 3.05) is 27.2 Å². The van der Waals surface area contributed by atoms with Gasteiger partial charge in [-0.15, -0.1) is 0 Å². The van der Waals surface area contributed by atoms with E-state index in [-0.39, 0.29) is 36.0 Å². The molecule has 3 rings (SSSR count). The third kappa shape index (κ3) is 12.0. The van der Waals surface area contributed by atoms with Crippen molar-refractivity contribution < 1.29 is 33.9 Å². The van der Waals surface area contributed by atoms with Crippen LogP contribution in [-0.4, -0.2) is 107 Å². The average molecular weight is 726 g/mol. The number of aliphatic hydroxyl groups is 1. The molecule has 2 aliphatic rings. The Morgan fingerprint density at radius 2 is 1.56 bits per heavy atom. The number of likely N-dealkylation sites (N-methyl/N-ethyl adjacent to an activating group) is 1. The number of nitrogens with one attached hydrogen (secondary N) is 5. The highest BCUT2D eigenvalue weighted by Gasteiger charge is 2.48. The largest absolute Gasteiger partial charge is 0.365 e. The van der Waals surface area contributed by atoms with Crippen molar-refractivity contribution in [1.29, 1.82) is 0 Å². The van der Waals surface area contributed by atoms with E-state index in [1.807, 2.05) is 67.5 Å². The summed E-state index contributed by atoms with van der Waals surface area (Å²) in [6, 6.07) is 4.65. The minimum Gasteiger partial charge on any atom is -0.365 e. The highest BCUT2D eigenvalue weighted by atomic mass is 16.3. The maximum Gasteiger partial charge on any atom is 0.290 e. The zero-order valence-electron chi connectivity index (χ0n) is 32.3. The molecule has 1 heterocycles. The number of allylic oxidation sites excluding steroid dienone is 2. The van der Waals surface area contributed by atoms with Gasteiger partial charge < -0.3 is 30.9 Å². The summed E-state index contributed by atoms with van der Waals surface area (Å²) in [5.74, 6) is -4.26. The van der Waals surface area contributed by atoms with Gasteiger partial charge in [0.1, 0.15) is 12.1 Å². The number of hydrogen-bond donors (Lipinski definition) is 6. The molecule has 6 atom stereocenters. The van der Waals surface area contributed by atoms with Crippen molar-refractivity contribution in [2.45, 2.75) is 104 Å². The highest BCUT2D eigenvalue weighted by molar-refractivity contribution is 6.38. The van der Waals surface area contributed by atoms with Crippen LogP contribution in [0.2, 0.25) is 0 Å². The van der Waals surface area contributed by atoms with E-state index in [0.29, 0.717) is 18.5 Å². The molecule has 1 saturated heterocycles. The van der Waals surface area contributed by atoms with Gasteiger partial charge >= 0.3 is 0 Å². The van der Waals surface area contributed by atoms with Crippen LogP contribution in [0.15, 0.2) is 42.5 Å². The zero-order valence-corrected chi connectivity index (χ0v) is 32.3. The minimum atomic E-state index is -1.22. The number of rotatable bonds is 16. The van der Waals surface area contributed by atoms with Gasteiger partial charge in [-0.25, -0.2) is 0 Å². The molecular weight excluding hydrogens is 666 g/mol. The molecule has 52 heavy (non-hydrogen) atoms. The van der Waals surface area contributed by atoms with E-state index >= 15 is 0 Å². The molecule has 1 aliphatic carbocycles. The first-order valence-electron chi connectivity index (χ1n) is 18.0. The molecular formula is C38H59N7O7. The fourth-order valence-electron chi connectivity index (χ4n) is 6.37. The Kier molecular flexibility index (Phi) is 14.3. The first-order chi connectivity index (χ1) is 24.1. The topological polar surface area (TPSA) is 189 Å². The molecule has 1 aromatic rings. The summed E-state index contributed by atoms with van der Waals surface area (Å²) < 4.78 is 0. The van der Waals surface area contributed by atoms with Crippen LogP contribution in [0.3, 0.4) is 0 Å². The van der Waals surface area contributed by atoms with E-state index in [1.165, 1.54) is 9.80 Å². The third-order valence-corrected chi connectivity index (χ3v) is 9.22. The van der Waals surface area contributed by atoms with Gasteiger partial charge in [-0.3, -0.25) is 39.4 Å². The maximum atomic E-state index is 14.2. The van der Waals surface area contributed by atoms with Gasteiger partial charge in [-0.1, -0.05) is 77.1 Å². The Balaban J connectivity index is 1.76. The molecule has 1 fully saturated rings. The molecule has 0 radical (unpaired) electrons. The van der Waals surface area contributed by atoms with E-state index in [2.05, 4.69) is 26.6 Å². The number of carbonyl (C=O) groups is 6. The standard InChI is InChI=1S/C38H59N7O7/c1-22(2)25-18-19-45(35(51)31(37(3,4)5)42-36(52)43-38(6,7)8)29(25)32(48)40-26(20-23-16-17-23)30(47)33(49)39-21-27(46)41-28(34(50)44(9)10)24-14-12-11-13-15-24/h11-17,22-23,25-26,28-29,31,36,42-43,52H,18-21H2,1-10H3,(H,39,49)(H,40,48)(H,41,46)/t25-,26?,28+,29?,31?,36?/m1/s1. The number of ketones is 1. The number of carbonyl (C=O) groups excluding carboxylic acids is 6. The highest BCUT2D eigenvalue weighted by Crippen LogP contribution is 2.34. The van der Waals surface area contributed by atoms with Crippen LogP contribution < -0.4 is 26.6 Å². The number of benzene rings is 1. The maximum absolute atomic E-state index is 14.2. The van der Waals surface area contributed by atoms with Gasteiger partial charge in [0.15, 0.2) is 6.35 Å². The van der Waals surface area contributed by atoms with Crippen LogP contribution in [0.25, 0.3) is 0 Å². The summed E-state index contributed by atoms with van der Waals surface area (Å²) in [7, 11) is 3.13. The van der Waals surface area contributed by atoms with Gasteiger partial charge in [-0.2, -0.15) is 0 Å². The Bertz CT molecular complexity index is 1480. The van der Waals surface area contributed by atoms with Gasteiger partial charge in [-0.05, 0) is 62.3 Å². The summed E-state index contributed by atoms with van der Waals surface area (Å²) in [4.78, 5) is 83.7. The molecule has 14 nitrogen and oxygen atoms in total. The predicted molar refractivity (Wildman–Crippen MR) is 197 cm³/mol. The summed E-state index contributed by atoms with van der Waals surface area (Å²) in [6.45, 7) is 14.9. The molecule has 1 aromatic carbocycles. The van der Waals surface area contributed by atoms with E-state index in [4.69, 9.17) is 0 Å². The molecule has 14 heteroatoms. The molecule has 0 aromatic heterocycles. The van der Waals surface area contributed by atoms with E-state index in [9.17, 15) is 33.9 Å². The van der Waals surface area contributed by atoms with Gasteiger partial charge in [0.25, 0.3) is 5.91 Å². The number of aliphatic hydroxyl groups excluding tert-OH is 1. The summed E-state index contributed by atoms with van der Waals surface area (Å²) in [5, 5.41) is 24.5. The number of likely N-dealkylation sites (tertiary alicyclic amines) is 1. The first-order valence-corrected chi connectivity index (χ1v) is 18.0. The van der Waals surface area contributed by atoms with Crippen LogP contribution in [0, 0.1) is 23.2 Å². The molecule has 0 spiro atoms. The normalized spacial score (nSPS) is 19.7. The fraction of sp³-hybridized carbons (Fsp3) is 0.632.